The zero-order valence-electron chi connectivity index (χ0n) is 11.3. The van der Waals surface area contributed by atoms with Gasteiger partial charge in [0.1, 0.15) is 12.9 Å². The first-order chi connectivity index (χ1) is 9.71. The van der Waals surface area contributed by atoms with Gasteiger partial charge in [0, 0.05) is 12.0 Å². The van der Waals surface area contributed by atoms with Gasteiger partial charge in [0.15, 0.2) is 23.3 Å². The van der Waals surface area contributed by atoms with Crippen LogP contribution in [-0.4, -0.2) is 12.3 Å². The van der Waals surface area contributed by atoms with Crippen LogP contribution < -0.4 is 0 Å². The van der Waals surface area contributed by atoms with E-state index in [0.717, 1.165) is 0 Å². The van der Waals surface area contributed by atoms with Gasteiger partial charge in [-0.05, 0) is 5.41 Å². The summed E-state index contributed by atoms with van der Waals surface area (Å²) in [5.41, 5.74) is -1.59. The van der Waals surface area contributed by atoms with Crippen LogP contribution in [-0.2, 0) is 20.9 Å². The molecule has 2 atom stereocenters. The highest BCUT2D eigenvalue weighted by Gasteiger charge is 2.62. The molecule has 0 N–H and O–H groups in total. The van der Waals surface area contributed by atoms with E-state index in [1.165, 1.54) is 0 Å². The average Bonchev–Trinajstić information content (AvgIpc) is 2.98. The molecular weight excluding hydrogens is 292 g/mol. The zero-order chi connectivity index (χ0) is 15.9. The second kappa shape index (κ2) is 5.13. The van der Waals surface area contributed by atoms with Crippen LogP contribution in [0.1, 0.15) is 19.4 Å². The van der Waals surface area contributed by atoms with E-state index in [0.29, 0.717) is 6.29 Å². The Hall–Kier alpha value is -1.92. The largest absolute Gasteiger partial charge is 0.460 e. The topological polar surface area (TPSA) is 43.4 Å². The third-order valence-electron chi connectivity index (χ3n) is 3.87. The number of carbonyl (C=O) groups is 2. The predicted molar refractivity (Wildman–Crippen MR) is 62.9 cm³/mol. The molecule has 21 heavy (non-hydrogen) atoms. The molecule has 1 aromatic carbocycles. The Kier molecular flexibility index (Phi) is 3.78. The Bertz CT molecular complexity index is 586. The van der Waals surface area contributed by atoms with Crippen molar-refractivity contribution in [1.29, 1.82) is 0 Å². The molecule has 0 amide bonds. The molecule has 0 heterocycles. The van der Waals surface area contributed by atoms with E-state index >= 15 is 0 Å². The summed E-state index contributed by atoms with van der Waals surface area (Å²) in [4.78, 5) is 22.5. The molecule has 1 fully saturated rings. The first kappa shape index (κ1) is 15.5. The normalized spacial score (nSPS) is 22.8. The Morgan fingerprint density at radius 2 is 1.76 bits per heavy atom. The molecule has 7 heteroatoms. The van der Waals surface area contributed by atoms with Gasteiger partial charge < -0.3 is 9.53 Å². The number of halogens is 4. The second-order valence-corrected chi connectivity index (χ2v) is 5.52. The lowest BCUT2D eigenvalue weighted by Gasteiger charge is -2.09. The summed E-state index contributed by atoms with van der Waals surface area (Å²) in [5, 5.41) is 0. The Balaban J connectivity index is 2.12. The second-order valence-electron chi connectivity index (χ2n) is 5.52. The van der Waals surface area contributed by atoms with Crippen molar-refractivity contribution in [2.75, 3.05) is 0 Å². The van der Waals surface area contributed by atoms with Gasteiger partial charge in [-0.15, -0.1) is 0 Å². The lowest BCUT2D eigenvalue weighted by Crippen LogP contribution is -2.13. The van der Waals surface area contributed by atoms with Crippen LogP contribution in [0.5, 0.6) is 0 Å². The van der Waals surface area contributed by atoms with E-state index in [1.807, 2.05) is 0 Å². The van der Waals surface area contributed by atoms with Crippen LogP contribution in [0.3, 0.4) is 0 Å². The van der Waals surface area contributed by atoms with Crippen LogP contribution in [0.15, 0.2) is 6.07 Å². The number of aldehydes is 1. The molecule has 1 aliphatic carbocycles. The smallest absolute Gasteiger partial charge is 0.310 e. The molecule has 2 unspecified atom stereocenters. The van der Waals surface area contributed by atoms with Crippen LogP contribution >= 0.6 is 0 Å². The average molecular weight is 304 g/mol. The van der Waals surface area contributed by atoms with Crippen molar-refractivity contribution in [3.63, 3.8) is 0 Å². The van der Waals surface area contributed by atoms with Gasteiger partial charge in [0.2, 0.25) is 0 Å². The summed E-state index contributed by atoms with van der Waals surface area (Å²) >= 11 is 0. The lowest BCUT2D eigenvalue weighted by atomic mass is 10.1. The Morgan fingerprint density at radius 1 is 1.24 bits per heavy atom. The summed E-state index contributed by atoms with van der Waals surface area (Å²) in [6, 6.07) is 0.0718. The standard InChI is InChI=1S/C14H12F4O3/c1-14(2)7(4-19)10(14)13(20)21-5-6-11(17)8(15)3-9(16)12(6)18/h3-4,7,10H,5H2,1-2H3. The molecule has 1 aliphatic rings. The maximum absolute atomic E-state index is 13.4. The molecule has 0 saturated heterocycles. The molecule has 0 aromatic heterocycles. The maximum Gasteiger partial charge on any atom is 0.310 e. The molecule has 0 radical (unpaired) electrons. The summed E-state index contributed by atoms with van der Waals surface area (Å²) in [7, 11) is 0. The number of esters is 1. The van der Waals surface area contributed by atoms with E-state index in [2.05, 4.69) is 4.74 Å². The molecular formula is C14H12F4O3. The fourth-order valence-corrected chi connectivity index (χ4v) is 2.36. The third kappa shape index (κ3) is 2.52. The molecule has 1 aromatic rings. The van der Waals surface area contributed by atoms with Crippen molar-refractivity contribution in [3.8, 4) is 0 Å². The van der Waals surface area contributed by atoms with Crippen molar-refractivity contribution in [2.24, 2.45) is 17.3 Å². The van der Waals surface area contributed by atoms with Crippen LogP contribution in [0.2, 0.25) is 0 Å². The molecule has 3 nitrogen and oxygen atoms in total. The lowest BCUT2D eigenvalue weighted by molar-refractivity contribution is -0.148. The predicted octanol–water partition coefficient (Wildman–Crippen LogP) is 2.76. The molecule has 0 aliphatic heterocycles. The van der Waals surface area contributed by atoms with Crippen LogP contribution in [0, 0.1) is 40.5 Å². The number of rotatable bonds is 4. The minimum Gasteiger partial charge on any atom is -0.460 e. The van der Waals surface area contributed by atoms with Gasteiger partial charge in [-0.3, -0.25) is 4.79 Å². The van der Waals surface area contributed by atoms with Crippen molar-refractivity contribution in [3.05, 3.63) is 34.9 Å². The molecule has 0 bridgehead atoms. The van der Waals surface area contributed by atoms with E-state index in [1.54, 1.807) is 13.8 Å². The first-order valence-corrected chi connectivity index (χ1v) is 6.15. The van der Waals surface area contributed by atoms with Gasteiger partial charge in [0.05, 0.1) is 11.5 Å². The highest BCUT2D eigenvalue weighted by molar-refractivity contribution is 5.84. The van der Waals surface area contributed by atoms with Crippen molar-refractivity contribution in [2.45, 2.75) is 20.5 Å². The number of ether oxygens (including phenoxy) is 1. The Morgan fingerprint density at radius 3 is 2.19 bits per heavy atom. The first-order valence-electron chi connectivity index (χ1n) is 6.15. The number of carbonyl (C=O) groups excluding carboxylic acids is 2. The maximum atomic E-state index is 13.4. The van der Waals surface area contributed by atoms with Crippen molar-refractivity contribution >= 4 is 12.3 Å². The fraction of sp³-hybridized carbons (Fsp3) is 0.429. The number of hydrogen-bond acceptors (Lipinski definition) is 3. The van der Waals surface area contributed by atoms with Crippen molar-refractivity contribution < 1.29 is 31.9 Å². The number of benzene rings is 1. The minimum atomic E-state index is -1.61. The number of hydrogen-bond donors (Lipinski definition) is 0. The molecule has 0 spiro atoms. The van der Waals surface area contributed by atoms with Gasteiger partial charge in [-0.25, -0.2) is 17.6 Å². The zero-order valence-corrected chi connectivity index (χ0v) is 11.3. The quantitative estimate of drug-likeness (QED) is 0.372. The third-order valence-corrected chi connectivity index (χ3v) is 3.87. The summed E-state index contributed by atoms with van der Waals surface area (Å²) < 4.78 is 57.4. The molecule has 2 rings (SSSR count). The summed E-state index contributed by atoms with van der Waals surface area (Å²) in [6.07, 6.45) is 0.606. The van der Waals surface area contributed by atoms with Crippen LogP contribution in [0.25, 0.3) is 0 Å². The van der Waals surface area contributed by atoms with Gasteiger partial charge in [-0.1, -0.05) is 13.8 Å². The fourth-order valence-electron chi connectivity index (χ4n) is 2.36. The van der Waals surface area contributed by atoms with E-state index in [9.17, 15) is 27.2 Å². The monoisotopic (exact) mass is 304 g/mol. The Labute approximate surface area is 117 Å². The SMILES string of the molecule is CC1(C)C(C=O)C1C(=O)OCc1c(F)c(F)cc(F)c1F. The van der Waals surface area contributed by atoms with Gasteiger partial charge >= 0.3 is 5.97 Å². The molecule has 114 valence electrons. The summed E-state index contributed by atoms with van der Waals surface area (Å²) in [6.45, 7) is 2.39. The van der Waals surface area contributed by atoms with E-state index in [-0.39, 0.29) is 6.07 Å². The van der Waals surface area contributed by atoms with Gasteiger partial charge in [-0.2, -0.15) is 0 Å². The molecule has 1 saturated carbocycles. The summed E-state index contributed by atoms with van der Waals surface area (Å²) in [5.74, 6) is -8.45. The highest BCUT2D eigenvalue weighted by atomic mass is 19.2. The van der Waals surface area contributed by atoms with Gasteiger partial charge in [0.25, 0.3) is 0 Å². The van der Waals surface area contributed by atoms with Crippen molar-refractivity contribution in [1.82, 2.24) is 0 Å². The van der Waals surface area contributed by atoms with Crippen LogP contribution in [0.4, 0.5) is 17.6 Å². The van der Waals surface area contributed by atoms with E-state index < -0.39 is 58.7 Å². The minimum absolute atomic E-state index is 0.0718. The highest BCUT2D eigenvalue weighted by Crippen LogP contribution is 2.57. The van der Waals surface area contributed by atoms with E-state index in [4.69, 9.17) is 0 Å².